The Bertz CT molecular complexity index is 1240. The molecular weight excluding hydrogens is 484 g/mol. The number of para-hydroxylation sites is 1. The third kappa shape index (κ3) is 5.52. The first-order valence-electron chi connectivity index (χ1n) is 11.5. The van der Waals surface area contributed by atoms with Crippen molar-refractivity contribution in [1.82, 2.24) is 9.21 Å². The van der Waals surface area contributed by atoms with Crippen molar-refractivity contribution in [3.8, 4) is 11.5 Å². The maximum Gasteiger partial charge on any atom is 0.243 e. The Hall–Kier alpha value is -2.88. The van der Waals surface area contributed by atoms with E-state index >= 15 is 0 Å². The second kappa shape index (κ2) is 10.8. The van der Waals surface area contributed by atoms with Crippen LogP contribution in [0.4, 0.5) is 0 Å². The summed E-state index contributed by atoms with van der Waals surface area (Å²) in [5, 5.41) is 2.03. The van der Waals surface area contributed by atoms with Crippen LogP contribution in [-0.4, -0.2) is 56.4 Å². The van der Waals surface area contributed by atoms with Gasteiger partial charge in [-0.25, -0.2) is 8.42 Å². The highest BCUT2D eigenvalue weighted by atomic mass is 32.2. The van der Waals surface area contributed by atoms with Gasteiger partial charge >= 0.3 is 0 Å². The summed E-state index contributed by atoms with van der Waals surface area (Å²) in [7, 11) is -2.35. The smallest absolute Gasteiger partial charge is 0.243 e. The van der Waals surface area contributed by atoms with Crippen molar-refractivity contribution in [2.24, 2.45) is 0 Å². The molecule has 0 N–H and O–H groups in total. The lowest BCUT2D eigenvalue weighted by molar-refractivity contribution is -0.135. The van der Waals surface area contributed by atoms with Gasteiger partial charge in [0.2, 0.25) is 15.9 Å². The highest BCUT2D eigenvalue weighted by Crippen LogP contribution is 2.34. The highest BCUT2D eigenvalue weighted by Gasteiger charge is 2.36. The molecule has 2 aromatic carbocycles. The number of benzene rings is 2. The van der Waals surface area contributed by atoms with Crippen LogP contribution in [-0.2, 0) is 21.2 Å². The van der Waals surface area contributed by atoms with Gasteiger partial charge in [0, 0.05) is 17.5 Å². The minimum absolute atomic E-state index is 0.127. The summed E-state index contributed by atoms with van der Waals surface area (Å²) in [6, 6.07) is 17.1. The molecule has 1 unspecified atom stereocenters. The number of ether oxygens (including phenoxy) is 2. The average molecular weight is 515 g/mol. The standard InChI is InChI=1S/C26H30N2O5S2/c1-19(2)28(35(30,31)22-11-9-20(32-3)10-12-22)17-26(29)27-15-13-25-23(14-16-34-25)24(27)18-33-21-7-5-4-6-8-21/h4-12,14,16,19,24H,13,15,17-18H2,1-3H3. The minimum Gasteiger partial charge on any atom is -0.497 e. The Kier molecular flexibility index (Phi) is 7.78. The first kappa shape index (κ1) is 25.2. The SMILES string of the molecule is COc1ccc(S(=O)(=O)N(CC(=O)N2CCc3sccc3C2COc2ccccc2)C(C)C)cc1. The number of thiophene rings is 1. The minimum atomic E-state index is -3.88. The number of hydrogen-bond acceptors (Lipinski definition) is 6. The summed E-state index contributed by atoms with van der Waals surface area (Å²) in [6.45, 7) is 4.12. The fourth-order valence-corrected chi connectivity index (χ4v) is 6.73. The van der Waals surface area contributed by atoms with Crippen molar-refractivity contribution in [2.75, 3.05) is 26.8 Å². The molecule has 1 atom stereocenters. The van der Waals surface area contributed by atoms with Gasteiger partial charge in [-0.1, -0.05) is 18.2 Å². The molecule has 0 saturated heterocycles. The van der Waals surface area contributed by atoms with Gasteiger partial charge in [0.15, 0.2) is 0 Å². The molecule has 186 valence electrons. The van der Waals surface area contributed by atoms with Crippen LogP contribution in [0.25, 0.3) is 0 Å². The van der Waals surface area contributed by atoms with Crippen molar-refractivity contribution in [3.05, 3.63) is 76.5 Å². The summed E-state index contributed by atoms with van der Waals surface area (Å²) in [6.07, 6.45) is 0.744. The Balaban J connectivity index is 1.56. The van der Waals surface area contributed by atoms with E-state index in [-0.39, 0.29) is 23.4 Å². The molecule has 0 spiro atoms. The number of sulfonamides is 1. The number of carbonyl (C=O) groups is 1. The average Bonchev–Trinajstić information content (AvgIpc) is 3.35. The van der Waals surface area contributed by atoms with Gasteiger partial charge in [0.25, 0.3) is 0 Å². The van der Waals surface area contributed by atoms with Crippen LogP contribution in [0.3, 0.4) is 0 Å². The van der Waals surface area contributed by atoms with Crippen LogP contribution in [0.2, 0.25) is 0 Å². The summed E-state index contributed by atoms with van der Waals surface area (Å²) < 4.78 is 39.3. The van der Waals surface area contributed by atoms with Gasteiger partial charge < -0.3 is 14.4 Å². The Labute approximate surface area is 210 Å². The van der Waals surface area contributed by atoms with Crippen molar-refractivity contribution < 1.29 is 22.7 Å². The fourth-order valence-electron chi connectivity index (χ4n) is 4.22. The maximum atomic E-state index is 13.6. The zero-order valence-corrected chi connectivity index (χ0v) is 21.7. The van der Waals surface area contributed by atoms with Crippen LogP contribution < -0.4 is 9.47 Å². The largest absolute Gasteiger partial charge is 0.497 e. The number of fused-ring (bicyclic) bond motifs is 1. The van der Waals surface area contributed by atoms with Gasteiger partial charge in [0.1, 0.15) is 18.1 Å². The third-order valence-electron chi connectivity index (χ3n) is 6.10. The molecule has 1 aliphatic rings. The van der Waals surface area contributed by atoms with Crippen molar-refractivity contribution in [1.29, 1.82) is 0 Å². The second-order valence-corrected chi connectivity index (χ2v) is 11.5. The first-order chi connectivity index (χ1) is 16.8. The van der Waals surface area contributed by atoms with Gasteiger partial charge in [0.05, 0.1) is 24.6 Å². The van der Waals surface area contributed by atoms with E-state index in [0.29, 0.717) is 18.9 Å². The van der Waals surface area contributed by atoms with Gasteiger partial charge in [-0.15, -0.1) is 11.3 Å². The van der Waals surface area contributed by atoms with E-state index in [1.54, 1.807) is 42.2 Å². The number of rotatable bonds is 9. The topological polar surface area (TPSA) is 76.2 Å². The number of methoxy groups -OCH3 is 1. The number of amides is 1. The van der Waals surface area contributed by atoms with E-state index in [0.717, 1.165) is 17.7 Å². The monoisotopic (exact) mass is 514 g/mol. The van der Waals surface area contributed by atoms with E-state index in [9.17, 15) is 13.2 Å². The lowest BCUT2D eigenvalue weighted by Crippen LogP contribution is -2.49. The van der Waals surface area contributed by atoms with E-state index in [4.69, 9.17) is 9.47 Å². The summed E-state index contributed by atoms with van der Waals surface area (Å²) in [4.78, 5) is 16.7. The first-order valence-corrected chi connectivity index (χ1v) is 13.8. The van der Waals surface area contributed by atoms with Crippen LogP contribution in [0, 0.1) is 0 Å². The Morgan fingerprint density at radius 3 is 2.46 bits per heavy atom. The molecule has 0 radical (unpaired) electrons. The molecule has 1 amide bonds. The number of carbonyl (C=O) groups excluding carboxylic acids is 1. The Morgan fingerprint density at radius 1 is 1.09 bits per heavy atom. The van der Waals surface area contributed by atoms with Crippen LogP contribution >= 0.6 is 11.3 Å². The Morgan fingerprint density at radius 2 is 1.80 bits per heavy atom. The van der Waals surface area contributed by atoms with Crippen LogP contribution in [0.5, 0.6) is 11.5 Å². The molecule has 7 nitrogen and oxygen atoms in total. The molecule has 4 rings (SSSR count). The van der Waals surface area contributed by atoms with Gasteiger partial charge in [-0.2, -0.15) is 4.31 Å². The van der Waals surface area contributed by atoms with Gasteiger partial charge in [-0.3, -0.25) is 4.79 Å². The summed E-state index contributed by atoms with van der Waals surface area (Å²) in [5.74, 6) is 1.06. The highest BCUT2D eigenvalue weighted by molar-refractivity contribution is 7.89. The van der Waals surface area contributed by atoms with Crippen molar-refractivity contribution in [3.63, 3.8) is 0 Å². The van der Waals surface area contributed by atoms with Gasteiger partial charge in [-0.05, 0) is 73.7 Å². The predicted molar refractivity (Wildman–Crippen MR) is 136 cm³/mol. The van der Waals surface area contributed by atoms with E-state index in [1.807, 2.05) is 41.8 Å². The maximum absolute atomic E-state index is 13.6. The van der Waals surface area contributed by atoms with Crippen LogP contribution in [0.1, 0.15) is 30.3 Å². The molecule has 35 heavy (non-hydrogen) atoms. The van der Waals surface area contributed by atoms with E-state index in [1.165, 1.54) is 28.4 Å². The molecule has 0 bridgehead atoms. The summed E-state index contributed by atoms with van der Waals surface area (Å²) >= 11 is 1.68. The third-order valence-corrected chi connectivity index (χ3v) is 9.13. The molecular formula is C26H30N2O5S2. The van der Waals surface area contributed by atoms with Crippen molar-refractivity contribution >= 4 is 27.3 Å². The summed E-state index contributed by atoms with van der Waals surface area (Å²) in [5.41, 5.74) is 1.07. The zero-order valence-electron chi connectivity index (χ0n) is 20.1. The molecule has 0 aliphatic carbocycles. The lowest BCUT2D eigenvalue weighted by atomic mass is 10.0. The molecule has 1 aliphatic heterocycles. The van der Waals surface area contributed by atoms with Crippen molar-refractivity contribution in [2.45, 2.75) is 37.2 Å². The fraction of sp³-hybridized carbons (Fsp3) is 0.346. The molecule has 3 aromatic rings. The van der Waals surface area contributed by atoms with E-state index in [2.05, 4.69) is 0 Å². The normalized spacial score (nSPS) is 15.8. The molecule has 1 aromatic heterocycles. The molecule has 2 heterocycles. The quantitative estimate of drug-likeness (QED) is 0.424. The number of hydrogen-bond donors (Lipinski definition) is 0. The molecule has 0 fully saturated rings. The number of nitrogens with zero attached hydrogens (tertiary/aromatic N) is 2. The van der Waals surface area contributed by atoms with Crippen LogP contribution in [0.15, 0.2) is 70.9 Å². The zero-order chi connectivity index (χ0) is 25.0. The molecule has 0 saturated carbocycles. The lowest BCUT2D eigenvalue weighted by Gasteiger charge is -2.37. The molecule has 9 heteroatoms. The second-order valence-electron chi connectivity index (χ2n) is 8.60. The van der Waals surface area contributed by atoms with E-state index < -0.39 is 16.1 Å². The predicted octanol–water partition coefficient (Wildman–Crippen LogP) is 4.36.